The molecular formula is C16H19N3O4. The molecule has 23 heavy (non-hydrogen) atoms. The molecule has 1 unspecified atom stereocenters. The largest absolute Gasteiger partial charge is 0.445 e. The lowest BCUT2D eigenvalue weighted by molar-refractivity contribution is -0.151. The molecule has 7 nitrogen and oxygen atoms in total. The summed E-state index contributed by atoms with van der Waals surface area (Å²) >= 11 is 0. The van der Waals surface area contributed by atoms with Crippen LogP contribution in [-0.2, 0) is 20.9 Å². The molecule has 2 fully saturated rings. The summed E-state index contributed by atoms with van der Waals surface area (Å²) in [4.78, 5) is 37.8. The minimum atomic E-state index is -1.06. The Balaban J connectivity index is 1.55. The van der Waals surface area contributed by atoms with Gasteiger partial charge in [-0.05, 0) is 24.8 Å². The van der Waals surface area contributed by atoms with E-state index in [-0.39, 0.29) is 18.4 Å². The summed E-state index contributed by atoms with van der Waals surface area (Å²) in [5.41, 5.74) is 0.845. The van der Waals surface area contributed by atoms with E-state index >= 15 is 0 Å². The number of piperidine rings is 1. The van der Waals surface area contributed by atoms with Crippen molar-refractivity contribution in [2.24, 2.45) is 0 Å². The van der Waals surface area contributed by atoms with Crippen LogP contribution in [0.2, 0.25) is 0 Å². The predicted octanol–water partition coefficient (Wildman–Crippen LogP) is 0.750. The van der Waals surface area contributed by atoms with Crippen LogP contribution in [-0.4, -0.2) is 41.6 Å². The van der Waals surface area contributed by atoms with Crippen LogP contribution in [0.15, 0.2) is 30.3 Å². The van der Waals surface area contributed by atoms with Crippen molar-refractivity contribution in [3.8, 4) is 0 Å². The topological polar surface area (TPSA) is 87.7 Å². The maximum Gasteiger partial charge on any atom is 0.409 e. The molecule has 0 saturated carbocycles. The van der Waals surface area contributed by atoms with Crippen molar-refractivity contribution in [3.63, 3.8) is 0 Å². The monoisotopic (exact) mass is 317 g/mol. The predicted molar refractivity (Wildman–Crippen MR) is 81.0 cm³/mol. The number of fused-ring (bicyclic) bond motifs is 1. The highest BCUT2D eigenvalue weighted by atomic mass is 16.5. The average molecular weight is 317 g/mol. The quantitative estimate of drug-likeness (QED) is 0.861. The Morgan fingerprint density at radius 3 is 2.83 bits per heavy atom. The second kappa shape index (κ2) is 6.68. The van der Waals surface area contributed by atoms with Crippen molar-refractivity contribution in [2.45, 2.75) is 38.1 Å². The molecule has 0 bridgehead atoms. The number of alkyl carbamates (subject to hydrolysis) is 1. The van der Waals surface area contributed by atoms with Gasteiger partial charge in [-0.25, -0.2) is 4.79 Å². The standard InChI is InChI=1S/C16H19N3O4/c20-14-12-8-4-5-9-19(12)15(21)13(17-14)18-16(22)23-10-11-6-2-1-3-7-11/h1-3,6-7,12-13H,4-5,8-10H2,(H,17,20)(H,18,22)/t12-,13?/m1/s1. The lowest BCUT2D eigenvalue weighted by Gasteiger charge is -2.41. The molecule has 2 N–H and O–H groups in total. The van der Waals surface area contributed by atoms with Crippen LogP contribution in [0.4, 0.5) is 4.79 Å². The van der Waals surface area contributed by atoms with E-state index in [0.29, 0.717) is 13.0 Å². The normalized spacial score (nSPS) is 23.7. The summed E-state index contributed by atoms with van der Waals surface area (Å²) in [6.07, 6.45) is 0.686. The number of nitrogens with one attached hydrogen (secondary N) is 2. The molecule has 1 aromatic rings. The van der Waals surface area contributed by atoms with Crippen molar-refractivity contribution in [1.29, 1.82) is 0 Å². The van der Waals surface area contributed by atoms with Crippen LogP contribution in [0.25, 0.3) is 0 Å². The Morgan fingerprint density at radius 2 is 2.04 bits per heavy atom. The third-order valence-electron chi connectivity index (χ3n) is 4.10. The Bertz CT molecular complexity index is 605. The highest BCUT2D eigenvalue weighted by Crippen LogP contribution is 2.20. The van der Waals surface area contributed by atoms with Crippen LogP contribution < -0.4 is 10.6 Å². The van der Waals surface area contributed by atoms with E-state index in [1.165, 1.54) is 0 Å². The number of nitrogens with zero attached hydrogens (tertiary/aromatic N) is 1. The first-order valence-electron chi connectivity index (χ1n) is 7.73. The van der Waals surface area contributed by atoms with Gasteiger partial charge in [0.25, 0.3) is 5.91 Å². The minimum Gasteiger partial charge on any atom is -0.445 e. The number of carbonyl (C=O) groups excluding carboxylic acids is 3. The van der Waals surface area contributed by atoms with Gasteiger partial charge >= 0.3 is 6.09 Å². The minimum absolute atomic E-state index is 0.105. The van der Waals surface area contributed by atoms with Crippen molar-refractivity contribution < 1.29 is 19.1 Å². The van der Waals surface area contributed by atoms with Crippen molar-refractivity contribution >= 4 is 17.9 Å². The molecule has 0 radical (unpaired) electrons. The van der Waals surface area contributed by atoms with E-state index < -0.39 is 18.3 Å². The molecule has 2 atom stereocenters. The molecule has 7 heteroatoms. The second-order valence-corrected chi connectivity index (χ2v) is 5.69. The second-order valence-electron chi connectivity index (χ2n) is 5.69. The Kier molecular flexibility index (Phi) is 4.45. The smallest absolute Gasteiger partial charge is 0.409 e. The van der Waals surface area contributed by atoms with Gasteiger partial charge in [0.1, 0.15) is 12.6 Å². The summed E-state index contributed by atoms with van der Waals surface area (Å²) in [7, 11) is 0. The zero-order valence-electron chi connectivity index (χ0n) is 12.7. The molecule has 2 heterocycles. The van der Waals surface area contributed by atoms with E-state index in [4.69, 9.17) is 4.74 Å². The van der Waals surface area contributed by atoms with Crippen LogP contribution >= 0.6 is 0 Å². The molecular weight excluding hydrogens is 298 g/mol. The van der Waals surface area contributed by atoms with E-state index in [2.05, 4.69) is 10.6 Å². The number of rotatable bonds is 3. The van der Waals surface area contributed by atoms with Gasteiger partial charge < -0.3 is 15.0 Å². The van der Waals surface area contributed by atoms with E-state index in [1.54, 1.807) is 4.90 Å². The maximum absolute atomic E-state index is 12.4. The van der Waals surface area contributed by atoms with Gasteiger partial charge in [0.2, 0.25) is 5.91 Å². The molecule has 2 aliphatic rings. The molecule has 3 rings (SSSR count). The number of hydrogen-bond acceptors (Lipinski definition) is 4. The van der Waals surface area contributed by atoms with Gasteiger partial charge in [-0.3, -0.25) is 14.9 Å². The number of benzene rings is 1. The van der Waals surface area contributed by atoms with Crippen LogP contribution in [0.3, 0.4) is 0 Å². The first kappa shape index (κ1) is 15.3. The summed E-state index contributed by atoms with van der Waals surface area (Å²) < 4.78 is 5.08. The van der Waals surface area contributed by atoms with E-state index in [1.807, 2.05) is 30.3 Å². The highest BCUT2D eigenvalue weighted by molar-refractivity contribution is 5.98. The molecule has 0 aromatic heterocycles. The first-order chi connectivity index (χ1) is 11.1. The summed E-state index contributed by atoms with van der Waals surface area (Å²) in [5, 5.41) is 4.97. The Hall–Kier alpha value is -2.57. The number of piperazine rings is 1. The Labute approximate surface area is 134 Å². The molecule has 2 saturated heterocycles. The van der Waals surface area contributed by atoms with Crippen LogP contribution in [0, 0.1) is 0 Å². The summed E-state index contributed by atoms with van der Waals surface area (Å²) in [5.74, 6) is -0.511. The van der Waals surface area contributed by atoms with Crippen molar-refractivity contribution in [3.05, 3.63) is 35.9 Å². The molecule has 1 aromatic carbocycles. The van der Waals surface area contributed by atoms with Gasteiger partial charge in [-0.1, -0.05) is 30.3 Å². The fourth-order valence-corrected chi connectivity index (χ4v) is 2.91. The molecule has 122 valence electrons. The SMILES string of the molecule is O=C(NC1NC(=O)[C@H]2CCCCN2C1=O)OCc1ccccc1. The third kappa shape index (κ3) is 3.44. The average Bonchev–Trinajstić information content (AvgIpc) is 2.59. The van der Waals surface area contributed by atoms with Crippen LogP contribution in [0.5, 0.6) is 0 Å². The fourth-order valence-electron chi connectivity index (χ4n) is 2.91. The number of hydrogen-bond donors (Lipinski definition) is 2. The van der Waals surface area contributed by atoms with Gasteiger partial charge in [-0.2, -0.15) is 0 Å². The Morgan fingerprint density at radius 1 is 1.26 bits per heavy atom. The number of ether oxygens (including phenoxy) is 1. The number of amides is 3. The van der Waals surface area contributed by atoms with Gasteiger partial charge in [0, 0.05) is 6.54 Å². The van der Waals surface area contributed by atoms with Gasteiger partial charge in [0.05, 0.1) is 0 Å². The lowest BCUT2D eigenvalue weighted by atomic mass is 9.98. The van der Waals surface area contributed by atoms with E-state index in [0.717, 1.165) is 18.4 Å². The summed E-state index contributed by atoms with van der Waals surface area (Å²) in [6, 6.07) is 8.82. The summed E-state index contributed by atoms with van der Waals surface area (Å²) in [6.45, 7) is 0.655. The first-order valence-corrected chi connectivity index (χ1v) is 7.73. The lowest BCUT2D eigenvalue weighted by Crippen LogP contribution is -2.68. The van der Waals surface area contributed by atoms with Crippen molar-refractivity contribution in [2.75, 3.05) is 6.54 Å². The van der Waals surface area contributed by atoms with Gasteiger partial charge in [-0.15, -0.1) is 0 Å². The molecule has 3 amide bonds. The molecule has 0 aliphatic carbocycles. The van der Waals surface area contributed by atoms with Crippen molar-refractivity contribution in [1.82, 2.24) is 15.5 Å². The fraction of sp³-hybridized carbons (Fsp3) is 0.438. The van der Waals surface area contributed by atoms with E-state index in [9.17, 15) is 14.4 Å². The molecule has 0 spiro atoms. The van der Waals surface area contributed by atoms with Gasteiger partial charge in [0.15, 0.2) is 6.17 Å². The highest BCUT2D eigenvalue weighted by Gasteiger charge is 2.42. The number of carbonyl (C=O) groups is 3. The zero-order valence-corrected chi connectivity index (χ0v) is 12.7. The van der Waals surface area contributed by atoms with Crippen LogP contribution in [0.1, 0.15) is 24.8 Å². The third-order valence-corrected chi connectivity index (χ3v) is 4.10. The maximum atomic E-state index is 12.4. The zero-order chi connectivity index (χ0) is 16.2. The molecule has 2 aliphatic heterocycles.